The van der Waals surface area contributed by atoms with E-state index < -0.39 is 43.9 Å². The quantitative estimate of drug-likeness (QED) is 0.721. The molecule has 1 amide bonds. The number of hydrogen-bond acceptors (Lipinski definition) is 6. The van der Waals surface area contributed by atoms with Crippen molar-refractivity contribution in [1.29, 1.82) is 0 Å². The Kier molecular flexibility index (Phi) is 5.06. The van der Waals surface area contributed by atoms with Crippen molar-refractivity contribution >= 4 is 27.5 Å². The molecule has 2 rings (SSSR count). The molecule has 0 aliphatic carbocycles. The summed E-state index contributed by atoms with van der Waals surface area (Å²) in [7, 11) is -3.69. The van der Waals surface area contributed by atoms with E-state index in [1.165, 1.54) is 26.0 Å². The van der Waals surface area contributed by atoms with Crippen molar-refractivity contribution in [1.82, 2.24) is 5.32 Å². The van der Waals surface area contributed by atoms with Gasteiger partial charge in [0.2, 0.25) is 0 Å². The Morgan fingerprint density at radius 1 is 1.42 bits per heavy atom. The number of amidine groups is 1. The summed E-state index contributed by atoms with van der Waals surface area (Å²) >= 11 is 0. The lowest BCUT2D eigenvalue weighted by Gasteiger charge is -2.34. The van der Waals surface area contributed by atoms with E-state index in [0.29, 0.717) is 0 Å². The van der Waals surface area contributed by atoms with E-state index in [2.05, 4.69) is 10.3 Å². The summed E-state index contributed by atoms with van der Waals surface area (Å²) in [6, 6.07) is 3.90. The Bertz CT molecular complexity index is 861. The second-order valence-electron chi connectivity index (χ2n) is 7.59. The highest BCUT2D eigenvalue weighted by Gasteiger charge is 2.44. The van der Waals surface area contributed by atoms with E-state index in [-0.39, 0.29) is 17.1 Å². The normalized spacial score (nSPS) is 25.3. The first-order valence-electron chi connectivity index (χ1n) is 8.10. The molecule has 0 spiro atoms. The molecule has 3 N–H and O–H groups in total. The van der Waals surface area contributed by atoms with Crippen LogP contribution in [0.25, 0.3) is 0 Å². The summed E-state index contributed by atoms with van der Waals surface area (Å²) in [5.74, 6) is -1.11. The lowest BCUT2D eigenvalue weighted by atomic mass is 9.93. The van der Waals surface area contributed by atoms with Gasteiger partial charge in [0.05, 0.1) is 5.75 Å². The van der Waals surface area contributed by atoms with Gasteiger partial charge < -0.3 is 10.5 Å². The summed E-state index contributed by atoms with van der Waals surface area (Å²) < 4.78 is 44.7. The number of hydrogen-bond donors (Lipinski definition) is 2. The fourth-order valence-electron chi connectivity index (χ4n) is 2.71. The van der Waals surface area contributed by atoms with Crippen molar-refractivity contribution in [3.63, 3.8) is 0 Å². The molecule has 1 heterocycles. The average molecular weight is 385 g/mol. The van der Waals surface area contributed by atoms with Crippen LogP contribution in [0.3, 0.4) is 0 Å². The lowest BCUT2D eigenvalue weighted by molar-refractivity contribution is 0.0562. The maximum atomic E-state index is 14.3. The number of nitrogens with one attached hydrogen (secondary N) is 1. The van der Waals surface area contributed by atoms with Crippen LogP contribution >= 0.6 is 0 Å². The third kappa shape index (κ3) is 4.32. The number of nitrogens with zero attached hydrogens (tertiary/aromatic N) is 1. The first kappa shape index (κ1) is 20.2. The van der Waals surface area contributed by atoms with Crippen LogP contribution in [0.1, 0.15) is 40.2 Å². The molecule has 0 aromatic heterocycles. The number of nitrogen functional groups attached to an aromatic ring is 1. The minimum atomic E-state index is -3.69. The molecule has 144 valence electrons. The van der Waals surface area contributed by atoms with Crippen molar-refractivity contribution in [3.05, 3.63) is 29.6 Å². The van der Waals surface area contributed by atoms with Crippen molar-refractivity contribution in [2.24, 2.45) is 4.99 Å². The van der Waals surface area contributed by atoms with Crippen LogP contribution in [-0.4, -0.2) is 37.0 Å². The Balaban J connectivity index is 2.49. The van der Waals surface area contributed by atoms with Gasteiger partial charge in [-0.1, -0.05) is 0 Å². The Hall–Kier alpha value is -2.16. The number of rotatable bonds is 1. The Labute approximate surface area is 152 Å². The number of sulfone groups is 1. The number of amides is 1. The molecule has 9 heteroatoms. The summed E-state index contributed by atoms with van der Waals surface area (Å²) in [6.45, 7) is 7.96. The van der Waals surface area contributed by atoms with Crippen molar-refractivity contribution < 1.29 is 22.3 Å². The zero-order chi connectivity index (χ0) is 19.9. The van der Waals surface area contributed by atoms with Crippen LogP contribution in [0.2, 0.25) is 0 Å². The first-order chi connectivity index (χ1) is 11.7. The van der Waals surface area contributed by atoms with Crippen LogP contribution < -0.4 is 11.1 Å². The lowest BCUT2D eigenvalue weighted by Crippen LogP contribution is -2.51. The number of aliphatic imine (C=N–C) groups is 1. The second-order valence-corrected chi connectivity index (χ2v) is 9.91. The smallest absolute Gasteiger partial charge is 0.413 e. The highest BCUT2D eigenvalue weighted by molar-refractivity contribution is 7.92. The van der Waals surface area contributed by atoms with Crippen LogP contribution in [0, 0.1) is 5.82 Å². The van der Waals surface area contributed by atoms with E-state index in [1.54, 1.807) is 20.8 Å². The standard InChI is InChI=1S/C17H24FN3O4S/c1-10-14(20-15(22)25-16(2,3)4)21-17(5,9-26(10,23)24)12-8-11(19)6-7-13(12)18/h6-8,10H,9,19H2,1-5H3,(H,20,21,22)/t10-,17-/m0/s1. The maximum absolute atomic E-state index is 14.3. The molecule has 26 heavy (non-hydrogen) atoms. The van der Waals surface area contributed by atoms with Gasteiger partial charge in [-0.2, -0.15) is 0 Å². The first-order valence-corrected chi connectivity index (χ1v) is 9.82. The number of anilines is 1. The minimum absolute atomic E-state index is 0.0523. The zero-order valence-corrected chi connectivity index (χ0v) is 16.3. The monoisotopic (exact) mass is 385 g/mol. The number of benzene rings is 1. The van der Waals surface area contributed by atoms with Crippen LogP contribution in [0.4, 0.5) is 14.9 Å². The molecule has 0 bridgehead atoms. The van der Waals surface area contributed by atoms with Gasteiger partial charge in [0.25, 0.3) is 0 Å². The molecular weight excluding hydrogens is 361 g/mol. The molecular formula is C17H24FN3O4S. The number of alkyl carbamates (subject to hydrolysis) is 1. The molecule has 2 atom stereocenters. The van der Waals surface area contributed by atoms with E-state index >= 15 is 0 Å². The van der Waals surface area contributed by atoms with E-state index in [1.807, 2.05) is 0 Å². The van der Waals surface area contributed by atoms with Gasteiger partial charge in [0.1, 0.15) is 28.0 Å². The van der Waals surface area contributed by atoms with Crippen molar-refractivity contribution in [2.75, 3.05) is 11.5 Å². The highest BCUT2D eigenvalue weighted by atomic mass is 32.2. The molecule has 0 saturated carbocycles. The average Bonchev–Trinajstić information content (AvgIpc) is 2.44. The fourth-order valence-corrected chi connectivity index (χ4v) is 4.41. The van der Waals surface area contributed by atoms with E-state index in [4.69, 9.17) is 10.5 Å². The van der Waals surface area contributed by atoms with Gasteiger partial charge in [-0.25, -0.2) is 17.6 Å². The van der Waals surface area contributed by atoms with Crippen LogP contribution in [0.5, 0.6) is 0 Å². The number of carbonyl (C=O) groups excluding carboxylic acids is 1. The SMILES string of the molecule is C[C@H]1C(NC(=O)OC(C)(C)C)=N[C@](C)(c2cc(N)ccc2F)CS1(=O)=O. The van der Waals surface area contributed by atoms with Gasteiger partial charge in [0.15, 0.2) is 9.84 Å². The molecule has 1 aromatic carbocycles. The Morgan fingerprint density at radius 2 is 2.04 bits per heavy atom. The van der Waals surface area contributed by atoms with E-state index in [9.17, 15) is 17.6 Å². The second kappa shape index (κ2) is 6.53. The predicted octanol–water partition coefficient (Wildman–Crippen LogP) is 2.36. The topological polar surface area (TPSA) is 111 Å². The third-order valence-corrected chi connectivity index (χ3v) is 6.24. The number of carbonyl (C=O) groups is 1. The van der Waals surface area contributed by atoms with E-state index in [0.717, 1.165) is 6.07 Å². The number of ether oxygens (including phenoxy) is 1. The van der Waals surface area contributed by atoms with Crippen LogP contribution in [-0.2, 0) is 20.1 Å². The summed E-state index contributed by atoms with van der Waals surface area (Å²) in [6.07, 6.45) is -0.824. The molecule has 0 unspecified atom stereocenters. The maximum Gasteiger partial charge on any atom is 0.413 e. The molecule has 1 aliphatic rings. The molecule has 0 fully saturated rings. The largest absolute Gasteiger partial charge is 0.444 e. The van der Waals surface area contributed by atoms with Gasteiger partial charge >= 0.3 is 6.09 Å². The minimum Gasteiger partial charge on any atom is -0.444 e. The molecule has 7 nitrogen and oxygen atoms in total. The summed E-state index contributed by atoms with van der Waals surface area (Å²) in [4.78, 5) is 16.4. The summed E-state index contributed by atoms with van der Waals surface area (Å²) in [5, 5.41) is 1.35. The van der Waals surface area contributed by atoms with Crippen molar-refractivity contribution in [2.45, 2.75) is 51.0 Å². The zero-order valence-electron chi connectivity index (χ0n) is 15.5. The number of nitrogens with two attached hydrogens (primary N) is 1. The Morgan fingerprint density at radius 3 is 2.62 bits per heavy atom. The third-order valence-electron chi connectivity index (χ3n) is 3.97. The molecule has 1 aromatic rings. The summed E-state index contributed by atoms with van der Waals surface area (Å²) in [5.41, 5.74) is 3.88. The van der Waals surface area contributed by atoms with Crippen LogP contribution in [0.15, 0.2) is 23.2 Å². The fraction of sp³-hybridized carbons (Fsp3) is 0.529. The van der Waals surface area contributed by atoms with Crippen molar-refractivity contribution in [3.8, 4) is 0 Å². The van der Waals surface area contributed by atoms with Gasteiger partial charge in [-0.3, -0.25) is 10.3 Å². The number of halogens is 1. The van der Waals surface area contributed by atoms with Gasteiger partial charge in [-0.15, -0.1) is 0 Å². The predicted molar refractivity (Wildman–Crippen MR) is 98.2 cm³/mol. The molecule has 0 radical (unpaired) electrons. The molecule has 0 saturated heterocycles. The van der Waals surface area contributed by atoms with Gasteiger partial charge in [-0.05, 0) is 52.8 Å². The van der Waals surface area contributed by atoms with Gasteiger partial charge in [0, 0.05) is 11.3 Å². The highest BCUT2D eigenvalue weighted by Crippen LogP contribution is 2.35. The molecule has 1 aliphatic heterocycles.